The summed E-state index contributed by atoms with van der Waals surface area (Å²) in [7, 11) is -4.67. The normalized spacial score (nSPS) is 11.7. The molecule has 0 aliphatic heterocycles. The Labute approximate surface area is 228 Å². The number of fused-ring (bicyclic) bond motifs is 1. The highest BCUT2D eigenvalue weighted by molar-refractivity contribution is 7.86. The predicted octanol–water partition coefficient (Wildman–Crippen LogP) is 7.47. The SMILES string of the molecule is CCOc1cccc(NC(=O)c2cc3ccccc3c(N=Nc3cc(Cl)cc(C)c3S(=O)(=O)O)c2O)c1Cl. The lowest BCUT2D eigenvalue weighted by molar-refractivity contribution is 0.102. The van der Waals surface area contributed by atoms with E-state index in [1.165, 1.54) is 25.1 Å². The second-order valence-corrected chi connectivity index (χ2v) is 10.3. The number of carbonyl (C=O) groups is 1. The van der Waals surface area contributed by atoms with Crippen LogP contribution in [0.5, 0.6) is 11.5 Å². The van der Waals surface area contributed by atoms with Gasteiger partial charge < -0.3 is 15.2 Å². The number of benzene rings is 4. The van der Waals surface area contributed by atoms with E-state index in [0.717, 1.165) is 0 Å². The van der Waals surface area contributed by atoms with Gasteiger partial charge in [-0.05, 0) is 55.1 Å². The Morgan fingerprint density at radius 1 is 1.05 bits per heavy atom. The third-order valence-corrected chi connectivity index (χ3v) is 7.14. The van der Waals surface area contributed by atoms with Crippen molar-refractivity contribution in [3.8, 4) is 11.5 Å². The summed E-state index contributed by atoms with van der Waals surface area (Å²) >= 11 is 12.4. The van der Waals surface area contributed by atoms with Crippen molar-refractivity contribution < 1.29 is 27.6 Å². The molecule has 0 saturated heterocycles. The van der Waals surface area contributed by atoms with E-state index in [2.05, 4.69) is 15.5 Å². The number of amides is 1. The number of aromatic hydroxyl groups is 1. The molecular weight excluding hydrogens is 553 g/mol. The maximum atomic E-state index is 13.2. The molecule has 0 spiro atoms. The fraction of sp³-hybridized carbons (Fsp3) is 0.115. The van der Waals surface area contributed by atoms with Gasteiger partial charge >= 0.3 is 0 Å². The molecule has 0 aromatic heterocycles. The molecule has 0 saturated carbocycles. The lowest BCUT2D eigenvalue weighted by Crippen LogP contribution is -2.13. The van der Waals surface area contributed by atoms with Crippen LogP contribution in [0.15, 0.2) is 75.8 Å². The number of azo groups is 1. The number of hydrogen-bond acceptors (Lipinski definition) is 7. The van der Waals surface area contributed by atoms with Crippen LogP contribution >= 0.6 is 23.2 Å². The van der Waals surface area contributed by atoms with Crippen molar-refractivity contribution in [3.63, 3.8) is 0 Å². The molecule has 0 fully saturated rings. The van der Waals surface area contributed by atoms with Crippen molar-refractivity contribution >= 4 is 67.1 Å². The van der Waals surface area contributed by atoms with Crippen LogP contribution in [-0.4, -0.2) is 30.6 Å². The van der Waals surface area contributed by atoms with E-state index in [1.54, 1.807) is 49.4 Å². The molecule has 4 aromatic rings. The highest BCUT2D eigenvalue weighted by Gasteiger charge is 2.22. The molecule has 0 bridgehead atoms. The topological polar surface area (TPSA) is 138 Å². The number of phenols is 1. The molecule has 9 nitrogen and oxygen atoms in total. The zero-order chi connectivity index (χ0) is 27.6. The predicted molar refractivity (Wildman–Crippen MR) is 146 cm³/mol. The molecule has 0 heterocycles. The van der Waals surface area contributed by atoms with E-state index in [-0.39, 0.29) is 38.2 Å². The van der Waals surface area contributed by atoms with Crippen molar-refractivity contribution in [2.24, 2.45) is 10.2 Å². The molecule has 38 heavy (non-hydrogen) atoms. The number of carbonyl (C=O) groups excluding carboxylic acids is 1. The largest absolute Gasteiger partial charge is 0.505 e. The van der Waals surface area contributed by atoms with Gasteiger partial charge in [0.1, 0.15) is 27.0 Å². The molecule has 0 unspecified atom stereocenters. The summed E-state index contributed by atoms with van der Waals surface area (Å²) in [6.07, 6.45) is 0. The molecular formula is C26H21Cl2N3O6S. The number of rotatable bonds is 7. The van der Waals surface area contributed by atoms with Crippen LogP contribution in [0, 0.1) is 6.92 Å². The quantitative estimate of drug-likeness (QED) is 0.155. The number of aryl methyl sites for hydroxylation is 1. The number of anilines is 1. The lowest BCUT2D eigenvalue weighted by atomic mass is 10.0. The Hall–Kier alpha value is -3.70. The number of phenolic OH excluding ortho intramolecular Hbond substituents is 1. The van der Waals surface area contributed by atoms with Crippen molar-refractivity contribution in [1.82, 2.24) is 0 Å². The monoisotopic (exact) mass is 573 g/mol. The summed E-state index contributed by atoms with van der Waals surface area (Å²) < 4.78 is 39.1. The summed E-state index contributed by atoms with van der Waals surface area (Å²) in [6, 6.07) is 15.7. The highest BCUT2D eigenvalue weighted by Crippen LogP contribution is 2.41. The van der Waals surface area contributed by atoms with Crippen LogP contribution < -0.4 is 10.1 Å². The zero-order valence-corrected chi connectivity index (χ0v) is 22.4. The number of ether oxygens (including phenoxy) is 1. The standard InChI is InChI=1S/C26H21Cl2N3O6S/c1-3-37-21-10-6-9-19(22(21)28)29-26(33)18-12-15-7-4-5-8-17(15)23(24(18)32)31-30-20-13-16(27)11-14(2)25(20)38(34,35)36/h4-13,32H,3H2,1-2H3,(H,29,33)(H,34,35,36). The van der Waals surface area contributed by atoms with Crippen LogP contribution in [0.2, 0.25) is 10.0 Å². The first-order valence-corrected chi connectivity index (χ1v) is 13.4. The Kier molecular flexibility index (Phi) is 7.89. The number of nitrogens with one attached hydrogen (secondary N) is 1. The smallest absolute Gasteiger partial charge is 0.297 e. The number of halogens is 2. The van der Waals surface area contributed by atoms with Gasteiger partial charge in [0.05, 0.1) is 17.9 Å². The second kappa shape index (κ2) is 11.0. The van der Waals surface area contributed by atoms with Gasteiger partial charge in [0.2, 0.25) is 0 Å². The minimum atomic E-state index is -4.67. The Balaban J connectivity index is 1.83. The van der Waals surface area contributed by atoms with Crippen LogP contribution in [0.4, 0.5) is 17.1 Å². The van der Waals surface area contributed by atoms with Crippen molar-refractivity contribution in [2.75, 3.05) is 11.9 Å². The highest BCUT2D eigenvalue weighted by atomic mass is 35.5. The van der Waals surface area contributed by atoms with Gasteiger partial charge in [-0.1, -0.05) is 53.5 Å². The van der Waals surface area contributed by atoms with E-state index in [1.807, 2.05) is 0 Å². The summed E-state index contributed by atoms with van der Waals surface area (Å²) in [5, 5.41) is 23.2. The van der Waals surface area contributed by atoms with E-state index in [4.69, 9.17) is 27.9 Å². The second-order valence-electron chi connectivity index (χ2n) is 8.09. The van der Waals surface area contributed by atoms with Crippen molar-refractivity contribution in [3.05, 3.63) is 81.8 Å². The van der Waals surface area contributed by atoms with E-state index in [9.17, 15) is 22.9 Å². The lowest BCUT2D eigenvalue weighted by Gasteiger charge is -2.13. The van der Waals surface area contributed by atoms with Gasteiger partial charge in [0.15, 0.2) is 5.75 Å². The first-order chi connectivity index (χ1) is 18.0. The van der Waals surface area contributed by atoms with Gasteiger partial charge in [0, 0.05) is 10.4 Å². The molecule has 4 aromatic carbocycles. The first kappa shape index (κ1) is 27.3. The van der Waals surface area contributed by atoms with Crippen molar-refractivity contribution in [2.45, 2.75) is 18.7 Å². The minimum absolute atomic E-state index is 0.0960. The average Bonchev–Trinajstić information content (AvgIpc) is 2.84. The van der Waals surface area contributed by atoms with Gasteiger partial charge in [-0.25, -0.2) is 0 Å². The summed E-state index contributed by atoms with van der Waals surface area (Å²) in [5.74, 6) is -0.803. The maximum Gasteiger partial charge on any atom is 0.297 e. The summed E-state index contributed by atoms with van der Waals surface area (Å²) in [5.41, 5.74) is -0.0441. The molecule has 0 aliphatic rings. The van der Waals surface area contributed by atoms with Crippen LogP contribution in [0.1, 0.15) is 22.8 Å². The van der Waals surface area contributed by atoms with Crippen LogP contribution in [0.25, 0.3) is 10.8 Å². The zero-order valence-electron chi connectivity index (χ0n) is 20.1. The fourth-order valence-electron chi connectivity index (χ4n) is 3.88. The summed E-state index contributed by atoms with van der Waals surface area (Å²) in [4.78, 5) is 12.7. The molecule has 3 N–H and O–H groups in total. The molecule has 0 aliphatic carbocycles. The van der Waals surface area contributed by atoms with Crippen molar-refractivity contribution in [1.29, 1.82) is 0 Å². The molecule has 1 amide bonds. The average molecular weight is 574 g/mol. The maximum absolute atomic E-state index is 13.2. The van der Waals surface area contributed by atoms with Crippen LogP contribution in [0.3, 0.4) is 0 Å². The third kappa shape index (κ3) is 5.58. The first-order valence-electron chi connectivity index (χ1n) is 11.2. The van der Waals surface area contributed by atoms with Gasteiger partial charge in [0.25, 0.3) is 16.0 Å². The molecule has 12 heteroatoms. The van der Waals surface area contributed by atoms with Crippen LogP contribution in [-0.2, 0) is 10.1 Å². The van der Waals surface area contributed by atoms with E-state index < -0.39 is 26.7 Å². The molecule has 4 rings (SSSR count). The van der Waals surface area contributed by atoms with Gasteiger partial charge in [-0.3, -0.25) is 9.35 Å². The number of hydrogen-bond donors (Lipinski definition) is 3. The fourth-order valence-corrected chi connectivity index (χ4v) is 5.21. The Morgan fingerprint density at radius 3 is 2.50 bits per heavy atom. The van der Waals surface area contributed by atoms with E-state index >= 15 is 0 Å². The Morgan fingerprint density at radius 2 is 1.79 bits per heavy atom. The molecule has 0 radical (unpaired) electrons. The Bertz CT molecular complexity index is 1710. The minimum Gasteiger partial charge on any atom is -0.505 e. The van der Waals surface area contributed by atoms with Gasteiger partial charge in [-0.15, -0.1) is 10.2 Å². The molecule has 0 atom stereocenters. The third-order valence-electron chi connectivity index (χ3n) is 5.49. The van der Waals surface area contributed by atoms with Gasteiger partial charge in [-0.2, -0.15) is 8.42 Å². The van der Waals surface area contributed by atoms with E-state index in [0.29, 0.717) is 23.1 Å². The summed E-state index contributed by atoms with van der Waals surface area (Å²) in [6.45, 7) is 3.62. The molecule has 196 valence electrons. The number of nitrogens with zero attached hydrogens (tertiary/aromatic N) is 2.